The Morgan fingerprint density at radius 1 is 1.44 bits per heavy atom. The Morgan fingerprint density at radius 2 is 2.15 bits per heavy atom. The maximum Gasteiger partial charge on any atom is 0.315 e. The van der Waals surface area contributed by atoms with Gasteiger partial charge >= 0.3 is 17.9 Å². The molecule has 0 aromatic heterocycles. The Kier molecular flexibility index (Phi) is 3.67. The maximum absolute atomic E-state index is 12.5. The van der Waals surface area contributed by atoms with Gasteiger partial charge in [0.1, 0.15) is 5.60 Å². The predicted molar refractivity (Wildman–Crippen MR) is 92.2 cm³/mol. The minimum atomic E-state index is -1.22. The average molecular weight is 376 g/mol. The fraction of sp³-hybridized carbons (Fsp3) is 0.650. The van der Waals surface area contributed by atoms with Crippen molar-refractivity contribution in [3.63, 3.8) is 0 Å². The summed E-state index contributed by atoms with van der Waals surface area (Å²) in [5.41, 5.74) is -2.07. The Bertz CT molecular complexity index is 785. The zero-order valence-corrected chi connectivity index (χ0v) is 15.7. The van der Waals surface area contributed by atoms with Crippen LogP contribution in [-0.4, -0.2) is 42.0 Å². The first-order chi connectivity index (χ1) is 12.6. The van der Waals surface area contributed by atoms with E-state index in [9.17, 15) is 19.5 Å². The molecule has 7 nitrogen and oxygen atoms in total. The van der Waals surface area contributed by atoms with E-state index >= 15 is 0 Å². The van der Waals surface area contributed by atoms with Crippen molar-refractivity contribution in [2.45, 2.75) is 45.0 Å². The van der Waals surface area contributed by atoms with E-state index in [1.165, 1.54) is 7.11 Å². The van der Waals surface area contributed by atoms with E-state index in [-0.39, 0.29) is 18.3 Å². The van der Waals surface area contributed by atoms with Crippen molar-refractivity contribution in [2.24, 2.45) is 28.6 Å². The molecule has 2 heterocycles. The minimum absolute atomic E-state index is 0.115. The first kappa shape index (κ1) is 18.2. The van der Waals surface area contributed by atoms with Gasteiger partial charge in [-0.15, -0.1) is 6.58 Å². The average Bonchev–Trinajstić information content (AvgIpc) is 2.95. The lowest BCUT2D eigenvalue weighted by Crippen LogP contribution is -2.62. The van der Waals surface area contributed by atoms with E-state index in [0.29, 0.717) is 18.4 Å². The number of ether oxygens (including phenoxy) is 3. The number of esters is 2. The molecule has 7 atom stereocenters. The summed E-state index contributed by atoms with van der Waals surface area (Å²) >= 11 is 0. The summed E-state index contributed by atoms with van der Waals surface area (Å²) in [6.07, 6.45) is 3.71. The van der Waals surface area contributed by atoms with E-state index < -0.39 is 46.5 Å². The molecule has 2 aliphatic heterocycles. The highest BCUT2D eigenvalue weighted by molar-refractivity contribution is 5.83. The van der Waals surface area contributed by atoms with Crippen molar-refractivity contribution in [2.75, 3.05) is 7.11 Å². The van der Waals surface area contributed by atoms with Crippen LogP contribution in [0.25, 0.3) is 0 Å². The topological polar surface area (TPSA) is 99.1 Å². The summed E-state index contributed by atoms with van der Waals surface area (Å²) < 4.78 is 16.6. The highest BCUT2D eigenvalue weighted by atomic mass is 16.7. The van der Waals surface area contributed by atoms with Crippen LogP contribution in [0.2, 0.25) is 0 Å². The molecule has 2 bridgehead atoms. The van der Waals surface area contributed by atoms with Crippen molar-refractivity contribution in [3.8, 4) is 0 Å². The molecular formula is C20H24O7. The highest BCUT2D eigenvalue weighted by Gasteiger charge is 2.78. The van der Waals surface area contributed by atoms with Gasteiger partial charge in [0.25, 0.3) is 0 Å². The quantitative estimate of drug-likeness (QED) is 0.592. The molecule has 7 heteroatoms. The Hall–Kier alpha value is -2.15. The summed E-state index contributed by atoms with van der Waals surface area (Å²) in [4.78, 5) is 37.0. The molecule has 1 saturated carbocycles. The van der Waals surface area contributed by atoms with Gasteiger partial charge in [0.2, 0.25) is 6.29 Å². The molecule has 27 heavy (non-hydrogen) atoms. The number of hydrogen-bond acceptors (Lipinski definition) is 6. The maximum atomic E-state index is 12.5. The standard InChI is InChI=1S/C20H24O7/c1-5-18(2)7-6-12-19(3)11-8-10(9-13(21)25-4)20(12,14(18)15(22)23)27-17(19)26-16(11)24/h5,8,11-12,14,17H,1,6-7,9H2,2-4H3,(H,22,23)/t11-,12?,14?,17-,18+,19+,20-/m1/s1. The number of carboxylic acids is 1. The van der Waals surface area contributed by atoms with Gasteiger partial charge in [-0.3, -0.25) is 14.4 Å². The number of hydrogen-bond donors (Lipinski definition) is 1. The monoisotopic (exact) mass is 376 g/mol. The van der Waals surface area contributed by atoms with Crippen LogP contribution >= 0.6 is 0 Å². The predicted octanol–water partition coefficient (Wildman–Crippen LogP) is 2.07. The van der Waals surface area contributed by atoms with Crippen LogP contribution in [-0.2, 0) is 28.6 Å². The number of aliphatic carboxylic acids is 1. The van der Waals surface area contributed by atoms with Gasteiger partial charge in [-0.05, 0) is 18.4 Å². The van der Waals surface area contributed by atoms with Crippen LogP contribution in [0.4, 0.5) is 0 Å². The second-order valence-corrected chi connectivity index (χ2v) is 8.54. The van der Waals surface area contributed by atoms with Crippen molar-refractivity contribution < 1.29 is 33.7 Å². The van der Waals surface area contributed by atoms with Crippen LogP contribution in [0, 0.1) is 28.6 Å². The van der Waals surface area contributed by atoms with Crippen LogP contribution in [0.1, 0.15) is 33.1 Å². The summed E-state index contributed by atoms with van der Waals surface area (Å²) in [7, 11) is 1.28. The third kappa shape index (κ3) is 1.98. The first-order valence-corrected chi connectivity index (χ1v) is 9.18. The number of methoxy groups -OCH3 is 1. The number of allylic oxidation sites excluding steroid dienone is 1. The molecule has 0 aromatic rings. The number of carbonyl (C=O) groups is 3. The van der Waals surface area contributed by atoms with E-state index in [1.807, 2.05) is 13.8 Å². The van der Waals surface area contributed by atoms with Gasteiger partial charge < -0.3 is 19.3 Å². The van der Waals surface area contributed by atoms with Crippen LogP contribution < -0.4 is 0 Å². The van der Waals surface area contributed by atoms with Crippen LogP contribution in [0.3, 0.4) is 0 Å². The SMILES string of the molecule is C=C[C@@]1(C)CCC2[C@@]3(O[C@H]4OC(=O)[C@@H](C=C3CC(=O)OC)[C@@]24C)C1C(=O)O. The summed E-state index contributed by atoms with van der Waals surface area (Å²) in [6.45, 7) is 7.66. The fourth-order valence-corrected chi connectivity index (χ4v) is 6.02. The zero-order chi connectivity index (χ0) is 19.8. The lowest BCUT2D eigenvalue weighted by Gasteiger charge is -2.55. The molecule has 2 unspecified atom stereocenters. The molecule has 1 N–H and O–H groups in total. The molecule has 2 aliphatic carbocycles. The third-order valence-corrected chi connectivity index (χ3v) is 7.43. The number of rotatable bonds is 4. The molecule has 0 aromatic carbocycles. The van der Waals surface area contributed by atoms with Gasteiger partial charge in [0.05, 0.1) is 30.8 Å². The Morgan fingerprint density at radius 3 is 2.74 bits per heavy atom. The lowest BCUT2D eigenvalue weighted by atomic mass is 9.47. The van der Waals surface area contributed by atoms with Crippen molar-refractivity contribution in [1.82, 2.24) is 0 Å². The second kappa shape index (κ2) is 5.44. The Labute approximate surface area is 157 Å². The van der Waals surface area contributed by atoms with Crippen molar-refractivity contribution in [1.29, 1.82) is 0 Å². The molecule has 4 aliphatic rings. The second-order valence-electron chi connectivity index (χ2n) is 8.54. The highest BCUT2D eigenvalue weighted by Crippen LogP contribution is 2.71. The molecule has 3 fully saturated rings. The molecule has 0 amide bonds. The van der Waals surface area contributed by atoms with E-state index in [1.54, 1.807) is 12.2 Å². The van der Waals surface area contributed by atoms with Gasteiger partial charge in [-0.25, -0.2) is 0 Å². The smallest absolute Gasteiger partial charge is 0.315 e. The van der Waals surface area contributed by atoms with E-state index in [2.05, 4.69) is 6.58 Å². The molecule has 0 radical (unpaired) electrons. The van der Waals surface area contributed by atoms with Crippen LogP contribution in [0.5, 0.6) is 0 Å². The normalized spacial score (nSPS) is 46.9. The van der Waals surface area contributed by atoms with Crippen molar-refractivity contribution in [3.05, 3.63) is 24.3 Å². The van der Waals surface area contributed by atoms with Gasteiger partial charge in [-0.2, -0.15) is 0 Å². The molecule has 146 valence electrons. The molecular weight excluding hydrogens is 352 g/mol. The summed E-state index contributed by atoms with van der Waals surface area (Å²) in [6, 6.07) is 0. The zero-order valence-electron chi connectivity index (χ0n) is 15.7. The largest absolute Gasteiger partial charge is 0.481 e. The van der Waals surface area contributed by atoms with Gasteiger partial charge in [-0.1, -0.05) is 26.0 Å². The molecule has 2 saturated heterocycles. The van der Waals surface area contributed by atoms with Gasteiger partial charge in [0.15, 0.2) is 0 Å². The van der Waals surface area contributed by atoms with Gasteiger partial charge in [0, 0.05) is 11.3 Å². The Balaban J connectivity index is 1.96. The van der Waals surface area contributed by atoms with E-state index in [0.717, 1.165) is 0 Å². The van der Waals surface area contributed by atoms with Crippen LogP contribution in [0.15, 0.2) is 24.3 Å². The molecule has 4 rings (SSSR count). The summed E-state index contributed by atoms with van der Waals surface area (Å²) in [5.74, 6) is -3.63. The third-order valence-electron chi connectivity index (χ3n) is 7.43. The molecule has 0 spiro atoms. The number of carboxylic acid groups (broad SMARTS) is 1. The summed E-state index contributed by atoms with van der Waals surface area (Å²) in [5, 5.41) is 10.2. The van der Waals surface area contributed by atoms with Crippen molar-refractivity contribution >= 4 is 17.9 Å². The minimum Gasteiger partial charge on any atom is -0.481 e. The van der Waals surface area contributed by atoms with E-state index in [4.69, 9.17) is 14.2 Å². The number of carbonyl (C=O) groups excluding carboxylic acids is 2. The first-order valence-electron chi connectivity index (χ1n) is 9.18. The fourth-order valence-electron chi connectivity index (χ4n) is 6.02. The lowest BCUT2D eigenvalue weighted by molar-refractivity contribution is -0.204.